The highest BCUT2D eigenvalue weighted by atomic mass is 32.2. The summed E-state index contributed by atoms with van der Waals surface area (Å²) < 4.78 is 67.9. The molecule has 174 valence electrons. The van der Waals surface area contributed by atoms with Crippen LogP contribution in [0.5, 0.6) is 0 Å². The predicted molar refractivity (Wildman–Crippen MR) is 108 cm³/mol. The van der Waals surface area contributed by atoms with Gasteiger partial charge in [-0.05, 0) is 51.2 Å². The first-order valence-corrected chi connectivity index (χ1v) is 12.3. The smallest absolute Gasteiger partial charge is 0.410 e. The molecular formula is C21H29F2NO6S. The summed E-state index contributed by atoms with van der Waals surface area (Å²) in [5.41, 5.74) is 0.109. The van der Waals surface area contributed by atoms with E-state index >= 15 is 0 Å². The van der Waals surface area contributed by atoms with E-state index in [1.807, 2.05) is 13.8 Å². The number of sulfone groups is 1. The Morgan fingerprint density at radius 1 is 1.13 bits per heavy atom. The zero-order valence-electron chi connectivity index (χ0n) is 18.0. The van der Waals surface area contributed by atoms with Gasteiger partial charge in [0, 0.05) is 30.8 Å². The second-order valence-electron chi connectivity index (χ2n) is 8.55. The van der Waals surface area contributed by atoms with Crippen LogP contribution < -0.4 is 0 Å². The Morgan fingerprint density at radius 3 is 2.16 bits per heavy atom. The standard InChI is InChI=1S/C21H29F2NO6S/c1-13(2)30-21(25)24-6-4-14(5-7-24)8-15-11-28-20(29-12-15)16-9-17(22)19(18(23)10-16)31(3,26)27/h9-10,13-15,20H,4-8,11-12H2,1-3H3/t15-,20-. The monoisotopic (exact) mass is 461 g/mol. The molecule has 2 saturated heterocycles. The van der Waals surface area contributed by atoms with Crippen LogP contribution >= 0.6 is 0 Å². The Bertz CT molecular complexity index is 868. The minimum Gasteiger partial charge on any atom is -0.447 e. The predicted octanol–water partition coefficient (Wildman–Crippen LogP) is 3.68. The van der Waals surface area contributed by atoms with Gasteiger partial charge in [0.25, 0.3) is 0 Å². The van der Waals surface area contributed by atoms with Crippen LogP contribution in [-0.4, -0.2) is 58.1 Å². The van der Waals surface area contributed by atoms with Crippen LogP contribution in [0, 0.1) is 23.5 Å². The Kier molecular flexibility index (Phi) is 7.54. The fraction of sp³-hybridized carbons (Fsp3) is 0.667. The van der Waals surface area contributed by atoms with Gasteiger partial charge in [-0.15, -0.1) is 0 Å². The molecule has 1 aromatic rings. The summed E-state index contributed by atoms with van der Waals surface area (Å²) in [5.74, 6) is -1.75. The SMILES string of the molecule is CC(C)OC(=O)N1CCC(C[C@H]2CO[C@H](c3cc(F)c(S(C)(=O)=O)c(F)c3)OC2)CC1. The third-order valence-corrected chi connectivity index (χ3v) is 6.64. The van der Waals surface area contributed by atoms with E-state index in [9.17, 15) is 22.0 Å². The van der Waals surface area contributed by atoms with Crippen molar-refractivity contribution >= 4 is 15.9 Å². The van der Waals surface area contributed by atoms with Crippen LogP contribution in [0.2, 0.25) is 0 Å². The number of carbonyl (C=O) groups is 1. The van der Waals surface area contributed by atoms with Crippen molar-refractivity contribution in [1.82, 2.24) is 4.90 Å². The summed E-state index contributed by atoms with van der Waals surface area (Å²) in [6.45, 7) is 5.69. The Balaban J connectivity index is 1.49. The van der Waals surface area contributed by atoms with Crippen molar-refractivity contribution in [3.63, 3.8) is 0 Å². The molecule has 2 aliphatic heterocycles. The summed E-state index contributed by atoms with van der Waals surface area (Å²) in [6.07, 6.45) is 2.01. The Morgan fingerprint density at radius 2 is 1.68 bits per heavy atom. The van der Waals surface area contributed by atoms with E-state index in [1.54, 1.807) is 4.90 Å². The third-order valence-electron chi connectivity index (χ3n) is 5.51. The van der Waals surface area contributed by atoms with Gasteiger partial charge in [0.2, 0.25) is 0 Å². The summed E-state index contributed by atoms with van der Waals surface area (Å²) in [7, 11) is -4.02. The summed E-state index contributed by atoms with van der Waals surface area (Å²) in [6, 6.07) is 1.88. The number of benzene rings is 1. The van der Waals surface area contributed by atoms with E-state index < -0.39 is 32.7 Å². The first-order valence-electron chi connectivity index (χ1n) is 10.4. The number of hydrogen-bond acceptors (Lipinski definition) is 6. The molecule has 0 atom stereocenters. The molecule has 31 heavy (non-hydrogen) atoms. The molecule has 10 heteroatoms. The lowest BCUT2D eigenvalue weighted by molar-refractivity contribution is -0.208. The number of amides is 1. The molecule has 0 radical (unpaired) electrons. The second kappa shape index (κ2) is 9.79. The maximum absolute atomic E-state index is 14.1. The molecule has 0 bridgehead atoms. The van der Waals surface area contributed by atoms with Gasteiger partial charge in [-0.3, -0.25) is 0 Å². The lowest BCUT2D eigenvalue weighted by atomic mass is 9.87. The number of ether oxygens (including phenoxy) is 3. The maximum Gasteiger partial charge on any atom is 0.410 e. The van der Waals surface area contributed by atoms with Gasteiger partial charge >= 0.3 is 6.09 Å². The largest absolute Gasteiger partial charge is 0.447 e. The van der Waals surface area contributed by atoms with Gasteiger partial charge in [0.05, 0.1) is 19.3 Å². The fourth-order valence-corrected chi connectivity index (χ4v) is 4.87. The second-order valence-corrected chi connectivity index (χ2v) is 10.5. The summed E-state index contributed by atoms with van der Waals surface area (Å²) >= 11 is 0. The highest BCUT2D eigenvalue weighted by molar-refractivity contribution is 7.90. The molecule has 0 aliphatic carbocycles. The van der Waals surface area contributed by atoms with Gasteiger partial charge in [-0.1, -0.05) is 0 Å². The number of rotatable bonds is 5. The third kappa shape index (κ3) is 6.14. The molecule has 2 fully saturated rings. The lowest BCUT2D eigenvalue weighted by Crippen LogP contribution is -2.40. The minimum absolute atomic E-state index is 0.109. The van der Waals surface area contributed by atoms with Crippen molar-refractivity contribution in [1.29, 1.82) is 0 Å². The average molecular weight is 462 g/mol. The molecule has 0 unspecified atom stereocenters. The molecule has 2 aliphatic rings. The molecule has 2 heterocycles. The van der Waals surface area contributed by atoms with Crippen LogP contribution in [0.25, 0.3) is 0 Å². The normalized spacial score (nSPS) is 23.2. The van der Waals surface area contributed by atoms with Crippen molar-refractivity contribution in [2.45, 2.75) is 50.4 Å². The van der Waals surface area contributed by atoms with E-state index in [-0.39, 0.29) is 23.7 Å². The molecule has 0 saturated carbocycles. The van der Waals surface area contributed by atoms with Gasteiger partial charge in [-0.25, -0.2) is 22.0 Å². The van der Waals surface area contributed by atoms with Crippen molar-refractivity contribution in [3.8, 4) is 0 Å². The van der Waals surface area contributed by atoms with Crippen LogP contribution in [-0.2, 0) is 24.0 Å². The first kappa shape index (κ1) is 23.9. The molecule has 3 rings (SSSR count). The molecule has 0 N–H and O–H groups in total. The van der Waals surface area contributed by atoms with E-state index in [4.69, 9.17) is 14.2 Å². The van der Waals surface area contributed by atoms with Crippen molar-refractivity contribution in [2.75, 3.05) is 32.6 Å². The zero-order chi connectivity index (χ0) is 22.8. The summed E-state index contributed by atoms with van der Waals surface area (Å²) in [4.78, 5) is 12.8. The number of carbonyl (C=O) groups excluding carboxylic acids is 1. The van der Waals surface area contributed by atoms with Crippen LogP contribution in [0.3, 0.4) is 0 Å². The van der Waals surface area contributed by atoms with Crippen LogP contribution in [0.15, 0.2) is 17.0 Å². The molecule has 7 nitrogen and oxygen atoms in total. The van der Waals surface area contributed by atoms with Crippen LogP contribution in [0.4, 0.5) is 13.6 Å². The number of hydrogen-bond donors (Lipinski definition) is 0. The van der Waals surface area contributed by atoms with Crippen molar-refractivity contribution < 1.29 is 36.2 Å². The quantitative estimate of drug-likeness (QED) is 0.665. The zero-order valence-corrected chi connectivity index (χ0v) is 18.8. The fourth-order valence-electron chi connectivity index (χ4n) is 4.04. The Labute approximate surface area is 181 Å². The average Bonchev–Trinajstić information content (AvgIpc) is 2.67. The first-order chi connectivity index (χ1) is 14.5. The van der Waals surface area contributed by atoms with Crippen molar-refractivity contribution in [3.05, 3.63) is 29.3 Å². The molecule has 0 spiro atoms. The summed E-state index contributed by atoms with van der Waals surface area (Å²) in [5, 5.41) is 0. The highest BCUT2D eigenvalue weighted by Gasteiger charge is 2.31. The van der Waals surface area contributed by atoms with Crippen molar-refractivity contribution in [2.24, 2.45) is 11.8 Å². The van der Waals surface area contributed by atoms with Crippen LogP contribution in [0.1, 0.15) is 45.0 Å². The molecule has 1 aromatic carbocycles. The van der Waals surface area contributed by atoms with E-state index in [0.717, 1.165) is 37.7 Å². The number of likely N-dealkylation sites (tertiary alicyclic amines) is 1. The van der Waals surface area contributed by atoms with Gasteiger partial charge in [0.1, 0.15) is 16.5 Å². The number of nitrogens with zero attached hydrogens (tertiary/aromatic N) is 1. The van der Waals surface area contributed by atoms with Gasteiger partial charge in [-0.2, -0.15) is 0 Å². The number of piperidine rings is 1. The van der Waals surface area contributed by atoms with E-state index in [2.05, 4.69) is 0 Å². The minimum atomic E-state index is -4.02. The van der Waals surface area contributed by atoms with Gasteiger partial charge < -0.3 is 19.1 Å². The molecule has 0 aromatic heterocycles. The number of halogens is 2. The van der Waals surface area contributed by atoms with Gasteiger partial charge in [0.15, 0.2) is 16.1 Å². The topological polar surface area (TPSA) is 82.1 Å². The van der Waals surface area contributed by atoms with E-state index in [0.29, 0.717) is 32.2 Å². The van der Waals surface area contributed by atoms with E-state index in [1.165, 1.54) is 0 Å². The lowest BCUT2D eigenvalue weighted by Gasteiger charge is -2.35. The molecule has 1 amide bonds. The molecular weight excluding hydrogens is 432 g/mol. The highest BCUT2D eigenvalue weighted by Crippen LogP contribution is 2.33. The Hall–Kier alpha value is -1.78. The maximum atomic E-state index is 14.1.